The highest BCUT2D eigenvalue weighted by molar-refractivity contribution is 5.82. The molecule has 21 heavy (non-hydrogen) atoms. The molecule has 2 aliphatic heterocycles. The number of amides is 1. The average molecular weight is 291 g/mol. The van der Waals surface area contributed by atoms with Gasteiger partial charge in [0.1, 0.15) is 12.3 Å². The van der Waals surface area contributed by atoms with E-state index in [9.17, 15) is 4.79 Å². The van der Waals surface area contributed by atoms with Crippen LogP contribution in [0.5, 0.6) is 0 Å². The molecule has 0 spiro atoms. The number of benzene rings is 1. The summed E-state index contributed by atoms with van der Waals surface area (Å²) in [6.45, 7) is 2.33. The van der Waals surface area contributed by atoms with Crippen molar-refractivity contribution in [3.05, 3.63) is 35.9 Å². The molecule has 3 rings (SSSR count). The van der Waals surface area contributed by atoms with E-state index in [1.54, 1.807) is 0 Å². The van der Waals surface area contributed by atoms with Crippen molar-refractivity contribution in [2.24, 2.45) is 5.73 Å². The smallest absolute Gasteiger partial charge is 0.239 e. The van der Waals surface area contributed by atoms with Crippen molar-refractivity contribution >= 4 is 5.91 Å². The lowest BCUT2D eigenvalue weighted by atomic mass is 10.2. The second-order valence-corrected chi connectivity index (χ2v) is 5.50. The van der Waals surface area contributed by atoms with E-state index in [0.717, 1.165) is 19.6 Å². The first-order valence-electron chi connectivity index (χ1n) is 7.20. The van der Waals surface area contributed by atoms with E-state index >= 15 is 0 Å². The second kappa shape index (κ2) is 6.50. The molecule has 3 unspecified atom stereocenters. The number of carbonyl (C=O) groups is 1. The van der Waals surface area contributed by atoms with Gasteiger partial charge in [0, 0.05) is 26.1 Å². The summed E-state index contributed by atoms with van der Waals surface area (Å²) in [7, 11) is 0. The molecule has 0 aromatic heterocycles. The molecule has 0 saturated carbocycles. The van der Waals surface area contributed by atoms with E-state index < -0.39 is 6.23 Å². The van der Waals surface area contributed by atoms with Crippen LogP contribution in [-0.2, 0) is 16.2 Å². The molecule has 7 heteroatoms. The van der Waals surface area contributed by atoms with Crippen LogP contribution in [0.25, 0.3) is 0 Å². The van der Waals surface area contributed by atoms with E-state index in [0.29, 0.717) is 6.42 Å². The molecule has 2 saturated heterocycles. The Labute approximate surface area is 123 Å². The molecular weight excluding hydrogens is 270 g/mol. The molecule has 2 fully saturated rings. The predicted molar refractivity (Wildman–Crippen MR) is 77.4 cm³/mol. The van der Waals surface area contributed by atoms with Crippen LogP contribution in [0.2, 0.25) is 0 Å². The largest absolute Gasteiger partial charge is 0.349 e. The maximum Gasteiger partial charge on any atom is 0.239 e. The van der Waals surface area contributed by atoms with Crippen molar-refractivity contribution in [2.45, 2.75) is 31.3 Å². The predicted octanol–water partition coefficient (Wildman–Crippen LogP) is -0.930. The minimum atomic E-state index is -0.406. The zero-order valence-electron chi connectivity index (χ0n) is 11.8. The Hall–Kier alpha value is -1.51. The van der Waals surface area contributed by atoms with Gasteiger partial charge in [-0.15, -0.1) is 0 Å². The monoisotopic (exact) mass is 291 g/mol. The Morgan fingerprint density at radius 3 is 2.95 bits per heavy atom. The minimum Gasteiger partial charge on any atom is -0.349 e. The van der Waals surface area contributed by atoms with Crippen LogP contribution in [0.3, 0.4) is 0 Å². The summed E-state index contributed by atoms with van der Waals surface area (Å²) in [5.74, 6) is -0.0590. The molecular formula is C14H21N5O2. The summed E-state index contributed by atoms with van der Waals surface area (Å²) >= 11 is 0. The van der Waals surface area contributed by atoms with E-state index in [1.165, 1.54) is 5.56 Å². The third kappa shape index (κ3) is 3.78. The minimum absolute atomic E-state index is 0.0590. The lowest BCUT2D eigenvalue weighted by Crippen LogP contribution is -2.46. The molecule has 2 aliphatic rings. The van der Waals surface area contributed by atoms with Gasteiger partial charge in [-0.1, -0.05) is 30.3 Å². The number of hydrogen-bond donors (Lipinski definition) is 4. The maximum atomic E-state index is 12.1. The molecule has 1 aromatic rings. The third-order valence-corrected chi connectivity index (χ3v) is 3.71. The Kier molecular flexibility index (Phi) is 4.47. The fourth-order valence-electron chi connectivity index (χ4n) is 2.62. The first-order chi connectivity index (χ1) is 10.2. The van der Waals surface area contributed by atoms with Crippen LogP contribution in [0, 0.1) is 0 Å². The number of carbonyl (C=O) groups excluding carboxylic acids is 1. The highest BCUT2D eigenvalue weighted by Gasteiger charge is 2.31. The fourth-order valence-corrected chi connectivity index (χ4v) is 2.62. The van der Waals surface area contributed by atoms with E-state index in [1.807, 2.05) is 18.2 Å². The number of hydrogen-bond acceptors (Lipinski definition) is 6. The van der Waals surface area contributed by atoms with Crippen molar-refractivity contribution in [3.8, 4) is 0 Å². The first-order valence-corrected chi connectivity index (χ1v) is 7.20. The second-order valence-electron chi connectivity index (χ2n) is 5.50. The summed E-state index contributed by atoms with van der Waals surface area (Å²) in [6, 6.07) is 9.98. The molecule has 0 radical (unpaired) electrons. The molecule has 5 N–H and O–H groups in total. The van der Waals surface area contributed by atoms with E-state index in [-0.39, 0.29) is 18.0 Å². The van der Waals surface area contributed by atoms with Crippen LogP contribution in [-0.4, -0.2) is 42.3 Å². The first kappa shape index (κ1) is 14.4. The molecule has 1 amide bonds. The molecule has 0 aliphatic carbocycles. The topological polar surface area (TPSA) is 91.7 Å². The summed E-state index contributed by atoms with van der Waals surface area (Å²) in [4.78, 5) is 17.0. The van der Waals surface area contributed by atoms with Gasteiger partial charge in [0.15, 0.2) is 0 Å². The summed E-state index contributed by atoms with van der Waals surface area (Å²) in [6.07, 6.45) is 0.0942. The third-order valence-electron chi connectivity index (χ3n) is 3.71. The van der Waals surface area contributed by atoms with E-state index in [4.69, 9.17) is 10.6 Å². The van der Waals surface area contributed by atoms with Crippen molar-refractivity contribution < 1.29 is 9.63 Å². The van der Waals surface area contributed by atoms with Crippen molar-refractivity contribution in [3.63, 3.8) is 0 Å². The van der Waals surface area contributed by atoms with Crippen molar-refractivity contribution in [2.75, 3.05) is 13.1 Å². The van der Waals surface area contributed by atoms with Crippen LogP contribution in [0.4, 0.5) is 0 Å². The van der Waals surface area contributed by atoms with Gasteiger partial charge in [-0.3, -0.25) is 15.1 Å². The van der Waals surface area contributed by atoms with Gasteiger partial charge >= 0.3 is 0 Å². The average Bonchev–Trinajstić information content (AvgIpc) is 3.09. The maximum absolute atomic E-state index is 12.1. The standard InChI is InChI=1S/C14H21N5O2/c15-13-6-12(18-21-13)14(20)17-11-7-16-19(9-11)8-10-4-2-1-3-5-10/h1-5,11-13,16,18H,6-9,15H2,(H,17,20). The molecule has 2 heterocycles. The summed E-state index contributed by atoms with van der Waals surface area (Å²) in [5, 5.41) is 5.13. The van der Waals surface area contributed by atoms with Gasteiger partial charge in [0.05, 0.1) is 6.04 Å². The summed E-state index contributed by atoms with van der Waals surface area (Å²) < 4.78 is 0. The number of nitrogens with one attached hydrogen (secondary N) is 3. The normalized spacial score (nSPS) is 29.7. The molecule has 0 bridgehead atoms. The van der Waals surface area contributed by atoms with Crippen LogP contribution in [0.15, 0.2) is 30.3 Å². The lowest BCUT2D eigenvalue weighted by Gasteiger charge is -2.17. The highest BCUT2D eigenvalue weighted by Crippen LogP contribution is 2.09. The molecule has 3 atom stereocenters. The SMILES string of the molecule is NC1CC(C(=O)NC2CNN(Cc3ccccc3)C2)NO1. The number of rotatable bonds is 4. The van der Waals surface area contributed by atoms with E-state index in [2.05, 4.69) is 33.4 Å². The Balaban J connectivity index is 1.45. The van der Waals surface area contributed by atoms with Gasteiger partial charge in [-0.05, 0) is 5.56 Å². The number of hydrazine groups is 1. The van der Waals surface area contributed by atoms with Gasteiger partial charge in [-0.2, -0.15) is 5.48 Å². The van der Waals surface area contributed by atoms with Gasteiger partial charge < -0.3 is 11.1 Å². The number of hydroxylamine groups is 1. The van der Waals surface area contributed by atoms with Crippen LogP contribution in [0.1, 0.15) is 12.0 Å². The zero-order chi connectivity index (χ0) is 14.7. The van der Waals surface area contributed by atoms with Crippen molar-refractivity contribution in [1.82, 2.24) is 21.2 Å². The lowest BCUT2D eigenvalue weighted by molar-refractivity contribution is -0.124. The van der Waals surface area contributed by atoms with Crippen molar-refractivity contribution in [1.29, 1.82) is 0 Å². The fraction of sp³-hybridized carbons (Fsp3) is 0.500. The van der Waals surface area contributed by atoms with Gasteiger partial charge in [-0.25, -0.2) is 5.01 Å². The quantitative estimate of drug-likeness (QED) is 0.573. The molecule has 1 aromatic carbocycles. The Morgan fingerprint density at radius 1 is 1.43 bits per heavy atom. The highest BCUT2D eigenvalue weighted by atomic mass is 16.7. The van der Waals surface area contributed by atoms with Gasteiger partial charge in [0.25, 0.3) is 0 Å². The van der Waals surface area contributed by atoms with Crippen LogP contribution >= 0.6 is 0 Å². The number of nitrogens with two attached hydrogens (primary N) is 1. The molecule has 7 nitrogen and oxygen atoms in total. The Bertz CT molecular complexity index is 484. The Morgan fingerprint density at radius 2 is 2.24 bits per heavy atom. The summed E-state index contributed by atoms with van der Waals surface area (Å²) in [5.41, 5.74) is 12.8. The molecule has 114 valence electrons. The zero-order valence-corrected chi connectivity index (χ0v) is 11.8. The van der Waals surface area contributed by atoms with Crippen LogP contribution < -0.4 is 22.0 Å². The number of nitrogens with zero attached hydrogens (tertiary/aromatic N) is 1. The van der Waals surface area contributed by atoms with Gasteiger partial charge in [0.2, 0.25) is 5.91 Å².